The number of aliphatic hydroxyl groups excluding tert-OH is 2. The van der Waals surface area contributed by atoms with Gasteiger partial charge in [-0.15, -0.1) is 0 Å². The van der Waals surface area contributed by atoms with Gasteiger partial charge in [0.25, 0.3) is 0 Å². The van der Waals surface area contributed by atoms with Crippen molar-refractivity contribution < 1.29 is 24.5 Å². The molecule has 3 N–H and O–H groups in total. The smallest absolute Gasteiger partial charge is 0.306 e. The van der Waals surface area contributed by atoms with Crippen LogP contribution in [0.3, 0.4) is 0 Å². The summed E-state index contributed by atoms with van der Waals surface area (Å²) in [5.41, 5.74) is 0. The molecule has 0 bridgehead atoms. The quantitative estimate of drug-likeness (QED) is 0.0323. The van der Waals surface area contributed by atoms with Crippen molar-refractivity contribution in [3.63, 3.8) is 0 Å². The van der Waals surface area contributed by atoms with Crippen molar-refractivity contribution in [1.82, 2.24) is 5.32 Å². The second kappa shape index (κ2) is 46.4. The van der Waals surface area contributed by atoms with Crippen LogP contribution in [0, 0.1) is 0 Å². The second-order valence-electron chi connectivity index (χ2n) is 17.6. The van der Waals surface area contributed by atoms with E-state index in [-0.39, 0.29) is 24.9 Å². The number of aliphatic hydroxyl groups is 2. The lowest BCUT2D eigenvalue weighted by Gasteiger charge is -2.24. The van der Waals surface area contributed by atoms with Crippen molar-refractivity contribution in [3.05, 3.63) is 24.3 Å². The lowest BCUT2D eigenvalue weighted by atomic mass is 10.0. The fourth-order valence-electron chi connectivity index (χ4n) is 7.83. The number of allylic oxidation sites excluding steroid dienone is 4. The highest BCUT2D eigenvalue weighted by Gasteiger charge is 2.24. The lowest BCUT2D eigenvalue weighted by molar-refractivity contribution is -0.151. The number of nitrogens with one attached hydrogen (secondary N) is 1. The summed E-state index contributed by atoms with van der Waals surface area (Å²) in [7, 11) is 0. The van der Waals surface area contributed by atoms with Crippen LogP contribution in [-0.4, -0.2) is 46.9 Å². The highest BCUT2D eigenvalue weighted by atomic mass is 16.5. The largest absolute Gasteiger partial charge is 0.462 e. The summed E-state index contributed by atoms with van der Waals surface area (Å²) in [6.45, 7) is 6.45. The second-order valence-corrected chi connectivity index (χ2v) is 17.6. The normalized spacial score (nSPS) is 13.4. The SMILES string of the molecule is CCCCC/C=C\CCCCCC(CC(=O)NC(CO)C(O)CCCCCCCCCCCCCCCC)OC(=O)CCCCCCCCC/C=C\CCCCCC. The van der Waals surface area contributed by atoms with E-state index in [2.05, 4.69) is 50.4 Å². The first-order chi connectivity index (χ1) is 28.5. The Kier molecular flexibility index (Phi) is 45.1. The van der Waals surface area contributed by atoms with E-state index in [1.54, 1.807) is 0 Å². The number of carbonyl (C=O) groups is 2. The molecule has 0 aliphatic heterocycles. The predicted octanol–water partition coefficient (Wildman–Crippen LogP) is 15.1. The number of esters is 1. The number of unbranched alkanes of at least 4 members (excludes halogenated alkanes) is 30. The highest BCUT2D eigenvalue weighted by Crippen LogP contribution is 2.18. The van der Waals surface area contributed by atoms with Crippen LogP contribution >= 0.6 is 0 Å². The van der Waals surface area contributed by atoms with E-state index >= 15 is 0 Å². The molecule has 0 aromatic carbocycles. The van der Waals surface area contributed by atoms with Gasteiger partial charge in [-0.25, -0.2) is 0 Å². The first-order valence-electron chi connectivity index (χ1n) is 25.6. The Labute approximate surface area is 361 Å². The van der Waals surface area contributed by atoms with Gasteiger partial charge in [0.05, 0.1) is 25.2 Å². The van der Waals surface area contributed by atoms with Crippen molar-refractivity contribution in [1.29, 1.82) is 0 Å². The van der Waals surface area contributed by atoms with Crippen molar-refractivity contribution in [3.8, 4) is 0 Å². The minimum atomic E-state index is -0.788. The molecule has 0 heterocycles. The summed E-state index contributed by atoms with van der Waals surface area (Å²) < 4.78 is 5.91. The standard InChI is InChI=1S/C52H99NO5/c1-4-7-10-13-16-19-22-24-26-28-30-33-36-39-42-45-52(57)58-48(43-40-37-34-31-21-18-15-12-9-6-3)46-51(56)53-49(47-54)50(55)44-41-38-35-32-29-27-25-23-20-17-14-11-8-5-2/h18-19,21-22,48-50,54-55H,4-17,20,23-47H2,1-3H3,(H,53,56)/b21-18-,22-19-. The number of hydrogen-bond acceptors (Lipinski definition) is 5. The molecule has 0 spiro atoms. The van der Waals surface area contributed by atoms with E-state index in [1.807, 2.05) is 0 Å². The van der Waals surface area contributed by atoms with Crippen LogP contribution in [0.4, 0.5) is 0 Å². The Morgan fingerprint density at radius 1 is 0.483 bits per heavy atom. The summed E-state index contributed by atoms with van der Waals surface area (Å²) in [5.74, 6) is -0.486. The monoisotopic (exact) mass is 818 g/mol. The maximum atomic E-state index is 13.2. The van der Waals surface area contributed by atoms with Gasteiger partial charge in [0.15, 0.2) is 0 Å². The highest BCUT2D eigenvalue weighted by molar-refractivity contribution is 5.77. The molecule has 0 fully saturated rings. The van der Waals surface area contributed by atoms with Crippen LogP contribution in [-0.2, 0) is 14.3 Å². The topological polar surface area (TPSA) is 95.9 Å². The van der Waals surface area contributed by atoms with Crippen LogP contribution in [0.15, 0.2) is 24.3 Å². The maximum Gasteiger partial charge on any atom is 0.306 e. The lowest BCUT2D eigenvalue weighted by Crippen LogP contribution is -2.46. The Balaban J connectivity index is 4.49. The molecule has 0 rings (SSSR count). The van der Waals surface area contributed by atoms with Crippen LogP contribution in [0.2, 0.25) is 0 Å². The van der Waals surface area contributed by atoms with Crippen molar-refractivity contribution in [2.24, 2.45) is 0 Å². The van der Waals surface area contributed by atoms with Gasteiger partial charge in [0.2, 0.25) is 5.91 Å². The summed E-state index contributed by atoms with van der Waals surface area (Å²) in [6, 6.07) is -0.702. The molecule has 342 valence electrons. The molecule has 3 unspecified atom stereocenters. The van der Waals surface area contributed by atoms with Gasteiger partial charge in [-0.1, -0.05) is 206 Å². The molecular weight excluding hydrogens is 719 g/mol. The Bertz CT molecular complexity index is 919. The van der Waals surface area contributed by atoms with E-state index in [0.29, 0.717) is 19.3 Å². The molecule has 1 amide bonds. The Morgan fingerprint density at radius 3 is 1.29 bits per heavy atom. The van der Waals surface area contributed by atoms with Gasteiger partial charge in [0, 0.05) is 6.42 Å². The molecule has 0 saturated heterocycles. The van der Waals surface area contributed by atoms with Gasteiger partial charge in [-0.05, 0) is 77.0 Å². The first-order valence-corrected chi connectivity index (χ1v) is 25.6. The Hall–Kier alpha value is -1.66. The van der Waals surface area contributed by atoms with Crippen molar-refractivity contribution in [2.45, 2.75) is 289 Å². The first kappa shape index (κ1) is 56.3. The van der Waals surface area contributed by atoms with E-state index in [9.17, 15) is 19.8 Å². The number of amides is 1. The van der Waals surface area contributed by atoms with E-state index in [0.717, 1.165) is 64.2 Å². The summed E-state index contributed by atoms with van der Waals surface area (Å²) >= 11 is 0. The number of ether oxygens (including phenoxy) is 1. The molecule has 0 aromatic heterocycles. The van der Waals surface area contributed by atoms with Crippen LogP contribution in [0.1, 0.15) is 271 Å². The fourth-order valence-corrected chi connectivity index (χ4v) is 7.83. The van der Waals surface area contributed by atoms with Crippen LogP contribution in [0.25, 0.3) is 0 Å². The van der Waals surface area contributed by atoms with Gasteiger partial charge >= 0.3 is 5.97 Å². The fraction of sp³-hybridized carbons (Fsp3) is 0.885. The van der Waals surface area contributed by atoms with Gasteiger partial charge < -0.3 is 20.3 Å². The Morgan fingerprint density at radius 2 is 0.828 bits per heavy atom. The van der Waals surface area contributed by atoms with E-state index in [4.69, 9.17) is 4.74 Å². The number of hydrogen-bond donors (Lipinski definition) is 3. The third-order valence-corrected chi connectivity index (χ3v) is 11.8. The summed E-state index contributed by atoms with van der Waals surface area (Å²) in [4.78, 5) is 26.1. The minimum absolute atomic E-state index is 0.0686. The molecule has 0 aliphatic carbocycles. The minimum Gasteiger partial charge on any atom is -0.462 e. The zero-order valence-corrected chi connectivity index (χ0v) is 38.9. The van der Waals surface area contributed by atoms with Crippen molar-refractivity contribution >= 4 is 11.9 Å². The average Bonchev–Trinajstić information content (AvgIpc) is 3.22. The molecular formula is C52H99NO5. The summed E-state index contributed by atoms with van der Waals surface area (Å²) in [6.07, 6.45) is 52.4. The van der Waals surface area contributed by atoms with Gasteiger partial charge in [0.1, 0.15) is 6.10 Å². The zero-order valence-electron chi connectivity index (χ0n) is 38.9. The van der Waals surface area contributed by atoms with Crippen LogP contribution < -0.4 is 5.32 Å². The molecule has 6 heteroatoms. The third kappa shape index (κ3) is 41.1. The molecule has 0 radical (unpaired) electrons. The van der Waals surface area contributed by atoms with E-state index < -0.39 is 18.2 Å². The van der Waals surface area contributed by atoms with Gasteiger partial charge in [-0.3, -0.25) is 9.59 Å². The van der Waals surface area contributed by atoms with Crippen LogP contribution in [0.5, 0.6) is 0 Å². The molecule has 3 atom stereocenters. The molecule has 0 aliphatic rings. The molecule has 0 aromatic rings. The summed E-state index contributed by atoms with van der Waals surface area (Å²) in [5, 5.41) is 23.7. The maximum absolute atomic E-state index is 13.2. The van der Waals surface area contributed by atoms with Crippen molar-refractivity contribution in [2.75, 3.05) is 6.61 Å². The van der Waals surface area contributed by atoms with Gasteiger partial charge in [-0.2, -0.15) is 0 Å². The third-order valence-electron chi connectivity index (χ3n) is 11.8. The average molecular weight is 818 g/mol. The van der Waals surface area contributed by atoms with E-state index in [1.165, 1.54) is 161 Å². The molecule has 58 heavy (non-hydrogen) atoms. The predicted molar refractivity (Wildman–Crippen MR) is 250 cm³/mol. The number of carbonyl (C=O) groups excluding carboxylic acids is 2. The molecule has 0 saturated carbocycles. The molecule has 6 nitrogen and oxygen atoms in total. The zero-order chi connectivity index (χ0) is 42.4. The number of rotatable bonds is 46.